The van der Waals surface area contributed by atoms with E-state index in [0.29, 0.717) is 12.1 Å². The Morgan fingerprint density at radius 1 is 1.07 bits per heavy atom. The van der Waals surface area contributed by atoms with E-state index in [2.05, 4.69) is 43.3 Å². The summed E-state index contributed by atoms with van der Waals surface area (Å²) in [5, 5.41) is 8.91. The minimum absolute atomic E-state index is 0.253. The molecule has 1 atom stereocenters. The average molecular weight is 377 g/mol. The standard InChI is InChI=1S/C23H26N4O/c1-18-14-21-4-2-3-5-22(21)27(18)23(28)17-26-12-10-25(11-13-26)16-20-8-6-19(15-24)7-9-20/h2-9,18H,10-14,16-17H2,1H3/p+2/t18-/m0/s1. The molecule has 2 N–H and O–H groups in total. The van der Waals surface area contributed by atoms with E-state index in [1.165, 1.54) is 16.0 Å². The van der Waals surface area contributed by atoms with E-state index < -0.39 is 0 Å². The van der Waals surface area contributed by atoms with E-state index in [4.69, 9.17) is 5.26 Å². The molecule has 1 fully saturated rings. The van der Waals surface area contributed by atoms with Crippen LogP contribution >= 0.6 is 0 Å². The zero-order chi connectivity index (χ0) is 19.5. The number of nitrogens with zero attached hydrogens (tertiary/aromatic N) is 2. The maximum absolute atomic E-state index is 13.0. The van der Waals surface area contributed by atoms with Crippen molar-refractivity contribution in [3.63, 3.8) is 0 Å². The van der Waals surface area contributed by atoms with Gasteiger partial charge in [-0.25, -0.2) is 0 Å². The van der Waals surface area contributed by atoms with Gasteiger partial charge in [-0.15, -0.1) is 0 Å². The van der Waals surface area contributed by atoms with Gasteiger partial charge in [0, 0.05) is 17.3 Å². The van der Waals surface area contributed by atoms with Gasteiger partial charge in [0.2, 0.25) is 0 Å². The molecule has 0 saturated carbocycles. The second-order valence-electron chi connectivity index (χ2n) is 8.11. The highest BCUT2D eigenvalue weighted by atomic mass is 16.2. The van der Waals surface area contributed by atoms with Crippen molar-refractivity contribution < 1.29 is 14.6 Å². The summed E-state index contributed by atoms with van der Waals surface area (Å²) in [6.45, 7) is 7.94. The number of benzene rings is 2. The summed E-state index contributed by atoms with van der Waals surface area (Å²) >= 11 is 0. The molecule has 144 valence electrons. The average Bonchev–Trinajstić information content (AvgIpc) is 3.06. The molecule has 0 aromatic heterocycles. The summed E-state index contributed by atoms with van der Waals surface area (Å²) in [4.78, 5) is 18.0. The molecule has 1 saturated heterocycles. The van der Waals surface area contributed by atoms with Crippen molar-refractivity contribution in [2.75, 3.05) is 37.6 Å². The third kappa shape index (κ3) is 3.94. The zero-order valence-corrected chi connectivity index (χ0v) is 16.4. The Bertz CT molecular complexity index is 878. The van der Waals surface area contributed by atoms with E-state index in [1.807, 2.05) is 23.1 Å². The fraction of sp³-hybridized carbons (Fsp3) is 0.391. The molecule has 0 radical (unpaired) electrons. The number of nitriles is 1. The smallest absolute Gasteiger partial charge is 0.282 e. The van der Waals surface area contributed by atoms with Crippen LogP contribution in [0.2, 0.25) is 0 Å². The molecule has 28 heavy (non-hydrogen) atoms. The zero-order valence-electron chi connectivity index (χ0n) is 16.4. The van der Waals surface area contributed by atoms with Crippen LogP contribution in [0, 0.1) is 11.3 Å². The lowest BCUT2D eigenvalue weighted by molar-refractivity contribution is -1.02. The molecule has 0 aliphatic carbocycles. The Balaban J connectivity index is 1.29. The van der Waals surface area contributed by atoms with Crippen LogP contribution in [0.15, 0.2) is 48.5 Å². The number of amides is 1. The molecular weight excluding hydrogens is 348 g/mol. The number of anilines is 1. The number of para-hydroxylation sites is 1. The predicted octanol–water partition coefficient (Wildman–Crippen LogP) is -0.181. The third-order valence-electron chi connectivity index (χ3n) is 6.08. The van der Waals surface area contributed by atoms with Crippen molar-refractivity contribution in [1.29, 1.82) is 5.26 Å². The third-order valence-corrected chi connectivity index (χ3v) is 6.08. The number of hydrogen-bond donors (Lipinski definition) is 2. The maximum Gasteiger partial charge on any atom is 0.282 e. The van der Waals surface area contributed by atoms with Gasteiger partial charge in [-0.3, -0.25) is 4.79 Å². The number of rotatable bonds is 4. The first-order valence-electron chi connectivity index (χ1n) is 10.2. The minimum Gasteiger partial charge on any atom is -0.322 e. The summed E-state index contributed by atoms with van der Waals surface area (Å²) in [6.07, 6.45) is 0.958. The van der Waals surface area contributed by atoms with Crippen LogP contribution in [-0.2, 0) is 17.8 Å². The Labute approximate surface area is 166 Å². The summed E-state index contributed by atoms with van der Waals surface area (Å²) in [6, 6.07) is 18.6. The van der Waals surface area contributed by atoms with Gasteiger partial charge in [0.15, 0.2) is 6.54 Å². The molecule has 1 amide bonds. The van der Waals surface area contributed by atoms with Crippen molar-refractivity contribution >= 4 is 11.6 Å². The number of piperazine rings is 1. The maximum atomic E-state index is 13.0. The number of nitrogens with one attached hydrogen (secondary N) is 2. The van der Waals surface area contributed by atoms with Gasteiger partial charge in [0.25, 0.3) is 5.91 Å². The van der Waals surface area contributed by atoms with E-state index in [1.54, 1.807) is 4.90 Å². The highest BCUT2D eigenvalue weighted by Crippen LogP contribution is 2.31. The number of carbonyl (C=O) groups excluding carboxylic acids is 1. The molecule has 5 heteroatoms. The van der Waals surface area contributed by atoms with Crippen LogP contribution in [-0.4, -0.2) is 44.7 Å². The fourth-order valence-corrected chi connectivity index (χ4v) is 4.54. The second-order valence-corrected chi connectivity index (χ2v) is 8.11. The van der Waals surface area contributed by atoms with Crippen LogP contribution in [0.3, 0.4) is 0 Å². The SMILES string of the molecule is C[C@H]1Cc2ccccc2N1C(=O)C[NH+]1CC[NH+](Cc2ccc(C#N)cc2)CC1. The summed E-state index contributed by atoms with van der Waals surface area (Å²) < 4.78 is 0. The summed E-state index contributed by atoms with van der Waals surface area (Å²) in [7, 11) is 0. The van der Waals surface area contributed by atoms with Gasteiger partial charge in [0.1, 0.15) is 32.7 Å². The number of fused-ring (bicyclic) bond motifs is 1. The highest BCUT2D eigenvalue weighted by Gasteiger charge is 2.33. The Hall–Kier alpha value is -2.68. The second kappa shape index (κ2) is 8.14. The fourth-order valence-electron chi connectivity index (χ4n) is 4.54. The van der Waals surface area contributed by atoms with Crippen molar-refractivity contribution in [2.24, 2.45) is 0 Å². The van der Waals surface area contributed by atoms with Crippen molar-refractivity contribution in [3.8, 4) is 6.07 Å². The molecule has 4 rings (SSSR count). The van der Waals surface area contributed by atoms with Crippen LogP contribution in [0.1, 0.15) is 23.6 Å². The lowest BCUT2D eigenvalue weighted by Gasteiger charge is -2.31. The lowest BCUT2D eigenvalue weighted by Crippen LogP contribution is -3.28. The van der Waals surface area contributed by atoms with E-state index in [-0.39, 0.29) is 11.9 Å². The van der Waals surface area contributed by atoms with Gasteiger partial charge < -0.3 is 14.7 Å². The van der Waals surface area contributed by atoms with Crippen LogP contribution < -0.4 is 14.7 Å². The van der Waals surface area contributed by atoms with Gasteiger partial charge in [-0.2, -0.15) is 5.26 Å². The van der Waals surface area contributed by atoms with Crippen molar-refractivity contribution in [2.45, 2.75) is 25.9 Å². The van der Waals surface area contributed by atoms with Gasteiger partial charge in [-0.1, -0.05) is 30.3 Å². The molecular formula is C23H28N4O+2. The van der Waals surface area contributed by atoms with Gasteiger partial charge in [0.05, 0.1) is 11.6 Å². The molecule has 0 unspecified atom stereocenters. The molecule has 2 aromatic carbocycles. The molecule has 0 bridgehead atoms. The number of hydrogen-bond acceptors (Lipinski definition) is 2. The first-order valence-corrected chi connectivity index (χ1v) is 10.2. The summed E-state index contributed by atoms with van der Waals surface area (Å²) in [5.74, 6) is 0.253. The monoisotopic (exact) mass is 376 g/mol. The normalized spacial score (nSPS) is 23.9. The largest absolute Gasteiger partial charge is 0.322 e. The van der Waals surface area contributed by atoms with Crippen molar-refractivity contribution in [3.05, 3.63) is 65.2 Å². The first-order chi connectivity index (χ1) is 13.6. The lowest BCUT2D eigenvalue weighted by atomic mass is 10.1. The van der Waals surface area contributed by atoms with E-state index in [9.17, 15) is 4.79 Å². The Morgan fingerprint density at radius 2 is 1.75 bits per heavy atom. The molecule has 2 aliphatic heterocycles. The number of quaternary nitrogens is 2. The molecule has 5 nitrogen and oxygen atoms in total. The van der Waals surface area contributed by atoms with Crippen molar-refractivity contribution in [1.82, 2.24) is 0 Å². The Kier molecular flexibility index (Phi) is 5.43. The quantitative estimate of drug-likeness (QED) is 0.778. The molecule has 0 spiro atoms. The highest BCUT2D eigenvalue weighted by molar-refractivity contribution is 5.96. The van der Waals surface area contributed by atoms with Crippen LogP contribution in [0.4, 0.5) is 5.69 Å². The topological polar surface area (TPSA) is 53.0 Å². The van der Waals surface area contributed by atoms with Gasteiger partial charge in [-0.05, 0) is 37.1 Å². The molecule has 2 heterocycles. The first kappa shape index (κ1) is 18.7. The summed E-state index contributed by atoms with van der Waals surface area (Å²) in [5.41, 5.74) is 4.37. The van der Waals surface area contributed by atoms with Crippen LogP contribution in [0.5, 0.6) is 0 Å². The molecule has 2 aliphatic rings. The van der Waals surface area contributed by atoms with E-state index in [0.717, 1.165) is 44.8 Å². The Morgan fingerprint density at radius 3 is 2.46 bits per heavy atom. The minimum atomic E-state index is 0.253. The molecule has 2 aromatic rings. The van der Waals surface area contributed by atoms with Crippen LogP contribution in [0.25, 0.3) is 0 Å². The van der Waals surface area contributed by atoms with Gasteiger partial charge >= 0.3 is 0 Å². The van der Waals surface area contributed by atoms with E-state index >= 15 is 0 Å². The number of carbonyl (C=O) groups is 1. The predicted molar refractivity (Wildman–Crippen MR) is 108 cm³/mol.